The van der Waals surface area contributed by atoms with E-state index in [2.05, 4.69) is 12.2 Å². The largest absolute Gasteiger partial charge is 0.494 e. The van der Waals surface area contributed by atoms with Crippen molar-refractivity contribution in [1.29, 1.82) is 0 Å². The van der Waals surface area contributed by atoms with Gasteiger partial charge in [0.05, 0.1) is 13.0 Å². The first-order chi connectivity index (χ1) is 13.5. The first-order valence-electron chi connectivity index (χ1n) is 10.1. The van der Waals surface area contributed by atoms with Crippen LogP contribution in [0, 0.1) is 0 Å². The van der Waals surface area contributed by atoms with E-state index in [1.807, 2.05) is 24.0 Å². The van der Waals surface area contributed by atoms with Crippen LogP contribution in [0.5, 0.6) is 5.75 Å². The van der Waals surface area contributed by atoms with Gasteiger partial charge in [-0.2, -0.15) is 0 Å². The minimum atomic E-state index is -0.522. The molecule has 1 aliphatic rings. The van der Waals surface area contributed by atoms with Gasteiger partial charge in [0.25, 0.3) is 5.91 Å². The van der Waals surface area contributed by atoms with Crippen LogP contribution in [0.3, 0.4) is 0 Å². The summed E-state index contributed by atoms with van der Waals surface area (Å²) in [5.74, 6) is 0.449. The zero-order valence-corrected chi connectivity index (χ0v) is 17.9. The van der Waals surface area contributed by atoms with Crippen molar-refractivity contribution in [1.82, 2.24) is 9.80 Å². The van der Waals surface area contributed by atoms with Gasteiger partial charge in [-0.05, 0) is 49.8 Å². The molecule has 0 radical (unpaired) electrons. The number of carbonyl (C=O) groups is 2. The van der Waals surface area contributed by atoms with E-state index in [1.165, 1.54) is 24.2 Å². The molecule has 1 atom stereocenters. The molecule has 28 heavy (non-hydrogen) atoms. The van der Waals surface area contributed by atoms with Crippen LogP contribution in [0.15, 0.2) is 24.3 Å². The molecule has 0 aliphatic carbocycles. The number of benzene rings is 1. The summed E-state index contributed by atoms with van der Waals surface area (Å²) in [5, 5.41) is 3.37. The van der Waals surface area contributed by atoms with Gasteiger partial charge in [0.1, 0.15) is 11.8 Å². The summed E-state index contributed by atoms with van der Waals surface area (Å²) in [6.07, 6.45) is 5.76. The maximum absolute atomic E-state index is 12.6. The van der Waals surface area contributed by atoms with Gasteiger partial charge in [0.15, 0.2) is 5.11 Å². The second kappa shape index (κ2) is 11.0. The third-order valence-electron chi connectivity index (χ3n) is 4.85. The molecule has 7 heteroatoms. The number of thiocarbonyl (C=S) groups is 1. The van der Waals surface area contributed by atoms with Crippen LogP contribution < -0.4 is 10.1 Å². The van der Waals surface area contributed by atoms with E-state index in [4.69, 9.17) is 17.0 Å². The topological polar surface area (TPSA) is 61.9 Å². The molecule has 1 fully saturated rings. The van der Waals surface area contributed by atoms with Gasteiger partial charge < -0.3 is 15.0 Å². The number of unbranched alkanes of at least 4 members (excludes halogenated alkanes) is 4. The number of ether oxygens (including phenoxy) is 1. The fraction of sp³-hybridized carbons (Fsp3) is 0.571. The SMILES string of the molecule is CCCCCCCN1C(=S)N(C)C(=O)C1CC(=O)Nc1ccc(OCC)cc1. The lowest BCUT2D eigenvalue weighted by atomic mass is 10.1. The van der Waals surface area contributed by atoms with Crippen molar-refractivity contribution in [2.45, 2.75) is 58.4 Å². The molecule has 0 saturated carbocycles. The van der Waals surface area contributed by atoms with Crippen LogP contribution >= 0.6 is 12.2 Å². The molecule has 1 N–H and O–H groups in total. The van der Waals surface area contributed by atoms with Crippen LogP contribution in [0.2, 0.25) is 0 Å². The molecular formula is C21H31N3O3S. The Morgan fingerprint density at radius 2 is 1.82 bits per heavy atom. The highest BCUT2D eigenvalue weighted by atomic mass is 32.1. The predicted molar refractivity (Wildman–Crippen MR) is 115 cm³/mol. The van der Waals surface area contributed by atoms with Gasteiger partial charge in [-0.25, -0.2) is 0 Å². The molecule has 1 aromatic rings. The van der Waals surface area contributed by atoms with E-state index >= 15 is 0 Å². The number of hydrogen-bond donors (Lipinski definition) is 1. The Hall–Kier alpha value is -2.15. The molecular weight excluding hydrogens is 374 g/mol. The molecule has 154 valence electrons. The lowest BCUT2D eigenvalue weighted by molar-refractivity contribution is -0.130. The monoisotopic (exact) mass is 405 g/mol. The number of nitrogens with one attached hydrogen (secondary N) is 1. The normalized spacial score (nSPS) is 16.6. The Morgan fingerprint density at radius 1 is 1.14 bits per heavy atom. The van der Waals surface area contributed by atoms with E-state index in [0.29, 0.717) is 24.0 Å². The van der Waals surface area contributed by atoms with Gasteiger partial charge in [-0.3, -0.25) is 14.5 Å². The van der Waals surface area contributed by atoms with Crippen LogP contribution in [0.1, 0.15) is 52.4 Å². The first kappa shape index (κ1) is 22.1. The summed E-state index contributed by atoms with van der Waals surface area (Å²) in [6, 6.07) is 6.69. The van der Waals surface area contributed by atoms with E-state index in [1.54, 1.807) is 19.2 Å². The molecule has 1 aliphatic heterocycles. The highest BCUT2D eigenvalue weighted by molar-refractivity contribution is 7.80. The van der Waals surface area contributed by atoms with E-state index < -0.39 is 6.04 Å². The third-order valence-corrected chi connectivity index (χ3v) is 5.36. The number of anilines is 1. The van der Waals surface area contributed by atoms with Crippen molar-refractivity contribution in [3.63, 3.8) is 0 Å². The highest BCUT2D eigenvalue weighted by Crippen LogP contribution is 2.22. The number of rotatable bonds is 11. The highest BCUT2D eigenvalue weighted by Gasteiger charge is 2.40. The summed E-state index contributed by atoms with van der Waals surface area (Å²) in [4.78, 5) is 28.5. The summed E-state index contributed by atoms with van der Waals surface area (Å²) >= 11 is 5.43. The molecule has 1 unspecified atom stereocenters. The standard InChI is InChI=1S/C21H31N3O3S/c1-4-6-7-8-9-14-24-18(20(26)23(3)21(24)28)15-19(25)22-16-10-12-17(13-11-16)27-5-2/h10-13,18H,4-9,14-15H2,1-3H3,(H,22,25). The molecule has 1 aromatic carbocycles. The summed E-state index contributed by atoms with van der Waals surface area (Å²) in [6.45, 7) is 5.41. The smallest absolute Gasteiger partial charge is 0.251 e. The maximum atomic E-state index is 12.6. The number of nitrogens with zero attached hydrogens (tertiary/aromatic N) is 2. The second-order valence-corrected chi connectivity index (χ2v) is 7.38. The average molecular weight is 406 g/mol. The van der Waals surface area contributed by atoms with Crippen molar-refractivity contribution in [2.24, 2.45) is 0 Å². The molecule has 2 rings (SSSR count). The third kappa shape index (κ3) is 5.92. The van der Waals surface area contributed by atoms with Crippen molar-refractivity contribution in [3.8, 4) is 5.75 Å². The number of amides is 2. The van der Waals surface area contributed by atoms with Crippen LogP contribution in [0.25, 0.3) is 0 Å². The Kier molecular flexibility index (Phi) is 8.70. The van der Waals surface area contributed by atoms with Crippen molar-refractivity contribution in [2.75, 3.05) is 25.5 Å². The quantitative estimate of drug-likeness (QED) is 0.448. The molecule has 0 aromatic heterocycles. The Labute approximate surface area is 173 Å². The average Bonchev–Trinajstić information content (AvgIpc) is 2.87. The zero-order chi connectivity index (χ0) is 20.5. The van der Waals surface area contributed by atoms with Crippen LogP contribution in [-0.4, -0.2) is 53.0 Å². The zero-order valence-electron chi connectivity index (χ0n) is 17.1. The molecule has 0 spiro atoms. The number of likely N-dealkylation sites (N-methyl/N-ethyl adjacent to an activating group) is 1. The fourth-order valence-corrected chi connectivity index (χ4v) is 3.61. The van der Waals surface area contributed by atoms with E-state index in [0.717, 1.165) is 18.6 Å². The maximum Gasteiger partial charge on any atom is 0.251 e. The van der Waals surface area contributed by atoms with Gasteiger partial charge in [0, 0.05) is 19.3 Å². The van der Waals surface area contributed by atoms with E-state index in [-0.39, 0.29) is 18.2 Å². The minimum Gasteiger partial charge on any atom is -0.494 e. The summed E-state index contributed by atoms with van der Waals surface area (Å²) in [7, 11) is 1.68. The lowest BCUT2D eigenvalue weighted by Gasteiger charge is -2.23. The molecule has 2 amide bonds. The van der Waals surface area contributed by atoms with Crippen molar-refractivity contribution in [3.05, 3.63) is 24.3 Å². The molecule has 1 saturated heterocycles. The number of hydrogen-bond acceptors (Lipinski definition) is 4. The molecule has 1 heterocycles. The summed E-state index contributed by atoms with van der Waals surface area (Å²) < 4.78 is 5.40. The number of carbonyl (C=O) groups excluding carboxylic acids is 2. The Bertz CT molecular complexity index is 678. The van der Waals surface area contributed by atoms with Gasteiger partial charge in [0.2, 0.25) is 5.91 Å². The van der Waals surface area contributed by atoms with Gasteiger partial charge >= 0.3 is 0 Å². The van der Waals surface area contributed by atoms with Crippen molar-refractivity contribution < 1.29 is 14.3 Å². The second-order valence-electron chi connectivity index (χ2n) is 7.01. The molecule has 6 nitrogen and oxygen atoms in total. The van der Waals surface area contributed by atoms with Crippen LogP contribution in [0.4, 0.5) is 5.69 Å². The predicted octanol–water partition coefficient (Wildman–Crippen LogP) is 3.81. The minimum absolute atomic E-state index is 0.0888. The Morgan fingerprint density at radius 3 is 2.46 bits per heavy atom. The lowest BCUT2D eigenvalue weighted by Crippen LogP contribution is -2.38. The van der Waals surface area contributed by atoms with Gasteiger partial charge in [-0.15, -0.1) is 0 Å². The molecule has 0 bridgehead atoms. The van der Waals surface area contributed by atoms with Crippen LogP contribution in [-0.2, 0) is 9.59 Å². The summed E-state index contributed by atoms with van der Waals surface area (Å²) in [5.41, 5.74) is 0.681. The first-order valence-corrected chi connectivity index (χ1v) is 10.5. The van der Waals surface area contributed by atoms with Gasteiger partial charge in [-0.1, -0.05) is 32.6 Å². The van der Waals surface area contributed by atoms with E-state index in [9.17, 15) is 9.59 Å². The Balaban J connectivity index is 1.93. The van der Waals surface area contributed by atoms with Crippen molar-refractivity contribution >= 4 is 34.8 Å². The fourth-order valence-electron chi connectivity index (χ4n) is 3.30.